The van der Waals surface area contributed by atoms with Crippen molar-refractivity contribution in [3.63, 3.8) is 0 Å². The summed E-state index contributed by atoms with van der Waals surface area (Å²) in [6.45, 7) is 0. The van der Waals surface area contributed by atoms with E-state index >= 15 is 0 Å². The van der Waals surface area contributed by atoms with Crippen molar-refractivity contribution in [2.24, 2.45) is 0 Å². The Morgan fingerprint density at radius 2 is 2.50 bits per heavy atom. The smallest absolute Gasteiger partial charge is 0.344 e. The topological polar surface area (TPSA) is 26.3 Å². The molecule has 1 aliphatic heterocycles. The fraction of sp³-hybridized carbons (Fsp3) is 0.500. The van der Waals surface area contributed by atoms with Crippen LogP contribution in [0, 0.1) is 0 Å². The molecule has 0 aromatic rings. The van der Waals surface area contributed by atoms with Gasteiger partial charge in [-0.05, 0) is 5.41 Å². The zero-order valence-electron chi connectivity index (χ0n) is 5.62. The van der Waals surface area contributed by atoms with Crippen molar-refractivity contribution < 1.29 is 9.53 Å². The first-order valence-corrected chi connectivity index (χ1v) is 4.91. The molecule has 4 heteroatoms. The van der Waals surface area contributed by atoms with Gasteiger partial charge in [0, 0.05) is 11.5 Å². The average molecular weight is 176 g/mol. The van der Waals surface area contributed by atoms with Crippen LogP contribution in [0.5, 0.6) is 0 Å². The normalized spacial score (nSPS) is 17.9. The first-order chi connectivity index (χ1) is 4.84. The van der Waals surface area contributed by atoms with Gasteiger partial charge in [0.1, 0.15) is 0 Å². The molecule has 0 saturated carbocycles. The third-order valence-corrected chi connectivity index (χ3v) is 3.29. The number of hydrogen-bond donors (Lipinski definition) is 0. The van der Waals surface area contributed by atoms with Crippen molar-refractivity contribution in [3.05, 3.63) is 10.3 Å². The molecule has 10 heavy (non-hydrogen) atoms. The lowest BCUT2D eigenvalue weighted by Crippen LogP contribution is -2.04. The third-order valence-electron chi connectivity index (χ3n) is 1.04. The van der Waals surface area contributed by atoms with E-state index in [1.807, 2.05) is 5.41 Å². The molecule has 0 amide bonds. The first-order valence-electron chi connectivity index (χ1n) is 2.87. The van der Waals surface area contributed by atoms with Gasteiger partial charge in [-0.15, -0.1) is 23.5 Å². The fourth-order valence-electron chi connectivity index (χ4n) is 0.576. The summed E-state index contributed by atoms with van der Waals surface area (Å²) in [5, 5.41) is 1.86. The Morgan fingerprint density at radius 1 is 1.70 bits per heavy atom. The molecule has 0 spiro atoms. The Hall–Kier alpha value is -0.0900. The van der Waals surface area contributed by atoms with Gasteiger partial charge in [0.2, 0.25) is 0 Å². The molecule has 0 fully saturated rings. The highest BCUT2D eigenvalue weighted by atomic mass is 32.2. The molecule has 0 radical (unpaired) electrons. The van der Waals surface area contributed by atoms with Gasteiger partial charge in [-0.2, -0.15) is 0 Å². The molecule has 1 heterocycles. The molecule has 0 bridgehead atoms. The molecular weight excluding hydrogens is 168 g/mol. The Labute approximate surface area is 68.4 Å². The Kier molecular flexibility index (Phi) is 3.15. The Balaban J connectivity index is 2.53. The van der Waals surface area contributed by atoms with E-state index < -0.39 is 0 Å². The summed E-state index contributed by atoms with van der Waals surface area (Å²) in [6.07, 6.45) is 0. The molecule has 0 unspecified atom stereocenters. The molecule has 0 N–H and O–H groups in total. The zero-order valence-corrected chi connectivity index (χ0v) is 7.26. The highest BCUT2D eigenvalue weighted by Gasteiger charge is 2.12. The lowest BCUT2D eigenvalue weighted by Gasteiger charge is -2.08. The predicted molar refractivity (Wildman–Crippen MR) is 45.0 cm³/mol. The van der Waals surface area contributed by atoms with Gasteiger partial charge in [0.25, 0.3) is 0 Å². The van der Waals surface area contributed by atoms with Crippen LogP contribution in [0.4, 0.5) is 0 Å². The first kappa shape index (κ1) is 8.01. The predicted octanol–water partition coefficient (Wildman–Crippen LogP) is 1.48. The zero-order chi connectivity index (χ0) is 7.40. The quantitative estimate of drug-likeness (QED) is 0.565. The van der Waals surface area contributed by atoms with Crippen molar-refractivity contribution >= 4 is 29.5 Å². The number of ether oxygens (including phenoxy) is 1. The van der Waals surface area contributed by atoms with E-state index in [1.54, 1.807) is 23.5 Å². The van der Waals surface area contributed by atoms with Gasteiger partial charge >= 0.3 is 5.97 Å². The minimum absolute atomic E-state index is 0.211. The second-order valence-electron chi connectivity index (χ2n) is 1.69. The number of hydrogen-bond acceptors (Lipinski definition) is 4. The third kappa shape index (κ3) is 1.95. The highest BCUT2D eigenvalue weighted by Crippen LogP contribution is 2.26. The van der Waals surface area contributed by atoms with Crippen LogP contribution in [-0.4, -0.2) is 24.6 Å². The van der Waals surface area contributed by atoms with Gasteiger partial charge in [0.15, 0.2) is 0 Å². The summed E-state index contributed by atoms with van der Waals surface area (Å²) >= 11 is 3.22. The molecule has 1 rings (SSSR count). The van der Waals surface area contributed by atoms with E-state index in [4.69, 9.17) is 0 Å². The summed E-state index contributed by atoms with van der Waals surface area (Å²) in [5.41, 5.74) is 0. The summed E-state index contributed by atoms with van der Waals surface area (Å²) in [7, 11) is 1.41. The Bertz CT molecular complexity index is 165. The molecule has 0 atom stereocenters. The number of rotatable bonds is 1. The number of methoxy groups -OCH3 is 1. The van der Waals surface area contributed by atoms with E-state index in [2.05, 4.69) is 4.74 Å². The standard InChI is InChI=1S/C6H8O2S2/c1-8-6(7)5-4-9-2-3-10-5/h4H,2-3H2,1H3. The molecule has 0 aromatic carbocycles. The molecule has 2 nitrogen and oxygen atoms in total. The van der Waals surface area contributed by atoms with Crippen LogP contribution in [0.25, 0.3) is 0 Å². The second kappa shape index (κ2) is 3.93. The van der Waals surface area contributed by atoms with Crippen LogP contribution < -0.4 is 0 Å². The maximum atomic E-state index is 10.8. The molecule has 0 aliphatic carbocycles. The van der Waals surface area contributed by atoms with Crippen LogP contribution in [0.2, 0.25) is 0 Å². The lowest BCUT2D eigenvalue weighted by molar-refractivity contribution is -0.135. The van der Waals surface area contributed by atoms with E-state index in [0.717, 1.165) is 16.4 Å². The summed E-state index contributed by atoms with van der Waals surface area (Å²) in [6, 6.07) is 0. The summed E-state index contributed by atoms with van der Waals surface area (Å²) < 4.78 is 4.55. The van der Waals surface area contributed by atoms with E-state index in [9.17, 15) is 4.79 Å². The summed E-state index contributed by atoms with van der Waals surface area (Å²) in [5.74, 6) is 1.88. The largest absolute Gasteiger partial charge is 0.465 e. The maximum absolute atomic E-state index is 10.8. The fourth-order valence-corrected chi connectivity index (χ4v) is 2.56. The van der Waals surface area contributed by atoms with Crippen LogP contribution in [0.3, 0.4) is 0 Å². The van der Waals surface area contributed by atoms with Gasteiger partial charge in [-0.25, -0.2) is 4.79 Å². The van der Waals surface area contributed by atoms with Crippen molar-refractivity contribution in [1.29, 1.82) is 0 Å². The second-order valence-corrected chi connectivity index (χ2v) is 3.81. The molecule has 1 aliphatic rings. The number of carbonyl (C=O) groups excluding carboxylic acids is 1. The maximum Gasteiger partial charge on any atom is 0.344 e. The number of thioether (sulfide) groups is 2. The Morgan fingerprint density at radius 3 is 3.00 bits per heavy atom. The minimum Gasteiger partial charge on any atom is -0.465 e. The molecule has 56 valence electrons. The van der Waals surface area contributed by atoms with Gasteiger partial charge < -0.3 is 4.74 Å². The molecule has 0 aromatic heterocycles. The molecule has 0 saturated heterocycles. The average Bonchev–Trinajstić information content (AvgIpc) is 2.05. The van der Waals surface area contributed by atoms with Crippen molar-refractivity contribution in [3.8, 4) is 0 Å². The summed E-state index contributed by atoms with van der Waals surface area (Å²) in [4.78, 5) is 11.6. The highest BCUT2D eigenvalue weighted by molar-refractivity contribution is 8.10. The van der Waals surface area contributed by atoms with Gasteiger partial charge in [-0.1, -0.05) is 0 Å². The monoisotopic (exact) mass is 176 g/mol. The van der Waals surface area contributed by atoms with Crippen LogP contribution >= 0.6 is 23.5 Å². The van der Waals surface area contributed by atoms with E-state index in [0.29, 0.717) is 0 Å². The van der Waals surface area contributed by atoms with Crippen molar-refractivity contribution in [1.82, 2.24) is 0 Å². The van der Waals surface area contributed by atoms with Crippen LogP contribution in [-0.2, 0) is 9.53 Å². The van der Waals surface area contributed by atoms with Gasteiger partial charge in [0.05, 0.1) is 12.0 Å². The molecular formula is C6H8O2S2. The lowest BCUT2D eigenvalue weighted by atomic mass is 10.6. The van der Waals surface area contributed by atoms with Crippen LogP contribution in [0.1, 0.15) is 0 Å². The number of carbonyl (C=O) groups is 1. The van der Waals surface area contributed by atoms with E-state index in [-0.39, 0.29) is 5.97 Å². The van der Waals surface area contributed by atoms with Crippen LogP contribution in [0.15, 0.2) is 10.3 Å². The van der Waals surface area contributed by atoms with E-state index in [1.165, 1.54) is 7.11 Å². The number of esters is 1. The van der Waals surface area contributed by atoms with Gasteiger partial charge in [-0.3, -0.25) is 0 Å². The minimum atomic E-state index is -0.211. The van der Waals surface area contributed by atoms with Crippen molar-refractivity contribution in [2.75, 3.05) is 18.6 Å². The SMILES string of the molecule is COC(=O)C1=CSCCS1. The van der Waals surface area contributed by atoms with Crippen molar-refractivity contribution in [2.45, 2.75) is 0 Å².